The number of halogens is 1. The highest BCUT2D eigenvalue weighted by atomic mass is 35.5. The molecule has 14 heavy (non-hydrogen) atoms. The molecule has 0 N–H and O–H groups in total. The van der Waals surface area contributed by atoms with Gasteiger partial charge >= 0.3 is 0 Å². The molecule has 0 saturated heterocycles. The summed E-state index contributed by atoms with van der Waals surface area (Å²) in [6.07, 6.45) is 4.17. The van der Waals surface area contributed by atoms with Gasteiger partial charge in [-0.15, -0.1) is 0 Å². The van der Waals surface area contributed by atoms with Crippen LogP contribution in [0.1, 0.15) is 43.5 Å². The first-order valence-electron chi connectivity index (χ1n) is 4.91. The summed E-state index contributed by atoms with van der Waals surface area (Å²) in [6.45, 7) is 4.20. The predicted octanol–water partition coefficient (Wildman–Crippen LogP) is 3.94. The van der Waals surface area contributed by atoms with Crippen LogP contribution in [0.15, 0.2) is 16.7 Å². The quantitative estimate of drug-likeness (QED) is 0.695. The molecule has 0 aromatic carbocycles. The van der Waals surface area contributed by atoms with Gasteiger partial charge in [0.25, 0.3) is 0 Å². The maximum atomic E-state index is 11.7. The summed E-state index contributed by atoms with van der Waals surface area (Å²) < 4.78 is 4.87. The van der Waals surface area contributed by atoms with E-state index in [-0.39, 0.29) is 11.0 Å². The minimum atomic E-state index is 0.0738. The molecule has 3 heteroatoms. The Morgan fingerprint density at radius 3 is 2.86 bits per heavy atom. The Bertz CT molecular complexity index is 304. The highest BCUT2D eigenvalue weighted by Gasteiger charge is 2.15. The molecule has 0 spiro atoms. The summed E-state index contributed by atoms with van der Waals surface area (Å²) in [5.41, 5.74) is 0.509. The van der Waals surface area contributed by atoms with E-state index in [2.05, 4.69) is 13.8 Å². The lowest BCUT2D eigenvalue weighted by Crippen LogP contribution is -2.05. The lowest BCUT2D eigenvalue weighted by atomic mass is 9.97. The fraction of sp³-hybridized carbons (Fsp3) is 0.545. The minimum Gasteiger partial charge on any atom is -0.452 e. The maximum absolute atomic E-state index is 11.7. The Hall–Kier alpha value is -0.760. The van der Waals surface area contributed by atoms with Gasteiger partial charge in [-0.05, 0) is 23.6 Å². The molecular weight excluding hydrogens is 200 g/mol. The van der Waals surface area contributed by atoms with E-state index in [0.29, 0.717) is 17.9 Å². The monoisotopic (exact) mass is 214 g/mol. The number of hydrogen-bond acceptors (Lipinski definition) is 2. The Kier molecular flexibility index (Phi) is 4.21. The van der Waals surface area contributed by atoms with Crippen molar-refractivity contribution in [1.29, 1.82) is 0 Å². The Labute approximate surface area is 89.2 Å². The lowest BCUT2D eigenvalue weighted by Gasteiger charge is -2.07. The normalized spacial score (nSPS) is 12.8. The van der Waals surface area contributed by atoms with Crippen LogP contribution in [0.2, 0.25) is 5.22 Å². The summed E-state index contributed by atoms with van der Waals surface area (Å²) in [5, 5.41) is 0.207. The van der Waals surface area contributed by atoms with Crippen LogP contribution in [-0.2, 0) is 0 Å². The van der Waals surface area contributed by atoms with Crippen molar-refractivity contribution in [2.75, 3.05) is 0 Å². The van der Waals surface area contributed by atoms with Crippen molar-refractivity contribution in [3.05, 3.63) is 23.1 Å². The van der Waals surface area contributed by atoms with E-state index in [4.69, 9.17) is 16.0 Å². The van der Waals surface area contributed by atoms with Crippen LogP contribution in [0.3, 0.4) is 0 Å². The molecule has 2 nitrogen and oxygen atoms in total. The van der Waals surface area contributed by atoms with Gasteiger partial charge in [0.1, 0.15) is 0 Å². The molecule has 1 aromatic heterocycles. The zero-order valence-electron chi connectivity index (χ0n) is 8.55. The number of rotatable bonds is 5. The van der Waals surface area contributed by atoms with Crippen molar-refractivity contribution >= 4 is 17.4 Å². The smallest absolute Gasteiger partial charge is 0.203 e. The molecule has 0 aliphatic rings. The van der Waals surface area contributed by atoms with Crippen LogP contribution in [-0.4, -0.2) is 5.78 Å². The van der Waals surface area contributed by atoms with E-state index in [9.17, 15) is 4.79 Å². The fourth-order valence-corrected chi connectivity index (χ4v) is 1.73. The van der Waals surface area contributed by atoms with E-state index in [0.717, 1.165) is 12.8 Å². The van der Waals surface area contributed by atoms with Gasteiger partial charge in [0.05, 0.1) is 11.8 Å². The first kappa shape index (κ1) is 11.3. The largest absolute Gasteiger partial charge is 0.452 e. The summed E-state index contributed by atoms with van der Waals surface area (Å²) in [5.74, 6) is 0.489. The molecule has 0 aliphatic carbocycles. The average molecular weight is 215 g/mol. The maximum Gasteiger partial charge on any atom is 0.203 e. The Morgan fingerprint density at radius 1 is 1.64 bits per heavy atom. The molecule has 0 radical (unpaired) electrons. The second-order valence-electron chi connectivity index (χ2n) is 3.63. The van der Waals surface area contributed by atoms with Crippen LogP contribution >= 0.6 is 11.6 Å². The van der Waals surface area contributed by atoms with Crippen molar-refractivity contribution in [3.63, 3.8) is 0 Å². The third-order valence-corrected chi connectivity index (χ3v) is 2.53. The molecule has 1 unspecified atom stereocenters. The molecule has 0 amide bonds. The Morgan fingerprint density at radius 2 is 2.36 bits per heavy atom. The highest BCUT2D eigenvalue weighted by Crippen LogP contribution is 2.21. The summed E-state index contributed by atoms with van der Waals surface area (Å²) in [6, 6.07) is 1.63. The van der Waals surface area contributed by atoms with Crippen LogP contribution in [0.4, 0.5) is 0 Å². The molecule has 1 heterocycles. The summed E-state index contributed by atoms with van der Waals surface area (Å²) in [7, 11) is 0. The molecule has 0 bridgehead atoms. The topological polar surface area (TPSA) is 30.2 Å². The van der Waals surface area contributed by atoms with Crippen molar-refractivity contribution in [1.82, 2.24) is 0 Å². The van der Waals surface area contributed by atoms with Gasteiger partial charge in [0.15, 0.2) is 5.78 Å². The van der Waals surface area contributed by atoms with E-state index >= 15 is 0 Å². The van der Waals surface area contributed by atoms with Gasteiger partial charge in [0, 0.05) is 6.42 Å². The van der Waals surface area contributed by atoms with Crippen molar-refractivity contribution in [2.24, 2.45) is 5.92 Å². The molecule has 1 rings (SSSR count). The van der Waals surface area contributed by atoms with Crippen molar-refractivity contribution < 1.29 is 9.21 Å². The number of ketones is 1. The van der Waals surface area contributed by atoms with Crippen molar-refractivity contribution in [3.8, 4) is 0 Å². The first-order valence-corrected chi connectivity index (χ1v) is 5.29. The molecule has 0 fully saturated rings. The number of hydrogen-bond donors (Lipinski definition) is 0. The molecular formula is C11H15ClO2. The SMILES string of the molecule is CCCC(C)CC(=O)c1ccoc1Cl. The second kappa shape index (κ2) is 5.20. The van der Waals surface area contributed by atoms with Gasteiger partial charge in [0.2, 0.25) is 5.22 Å². The van der Waals surface area contributed by atoms with E-state index in [1.54, 1.807) is 6.07 Å². The van der Waals surface area contributed by atoms with Gasteiger partial charge in [-0.3, -0.25) is 4.79 Å². The van der Waals surface area contributed by atoms with Gasteiger partial charge in [-0.25, -0.2) is 0 Å². The zero-order chi connectivity index (χ0) is 10.6. The van der Waals surface area contributed by atoms with E-state index < -0.39 is 0 Å². The summed E-state index contributed by atoms with van der Waals surface area (Å²) >= 11 is 5.71. The molecule has 78 valence electrons. The van der Waals surface area contributed by atoms with Gasteiger partial charge in [-0.2, -0.15) is 0 Å². The Balaban J connectivity index is 2.55. The molecule has 0 aliphatic heterocycles. The van der Waals surface area contributed by atoms with Gasteiger partial charge in [-0.1, -0.05) is 26.7 Å². The second-order valence-corrected chi connectivity index (χ2v) is 3.97. The van der Waals surface area contributed by atoms with E-state index in [1.807, 2.05) is 0 Å². The third-order valence-electron chi connectivity index (χ3n) is 2.23. The minimum absolute atomic E-state index is 0.0738. The molecule has 1 aromatic rings. The first-order chi connectivity index (χ1) is 6.65. The summed E-state index contributed by atoms with van der Waals surface area (Å²) in [4.78, 5) is 11.7. The van der Waals surface area contributed by atoms with Crippen LogP contribution in [0.25, 0.3) is 0 Å². The van der Waals surface area contributed by atoms with Crippen LogP contribution < -0.4 is 0 Å². The fourth-order valence-electron chi connectivity index (χ4n) is 1.51. The van der Waals surface area contributed by atoms with E-state index in [1.165, 1.54) is 6.26 Å². The standard InChI is InChI=1S/C11H15ClO2/c1-3-4-8(2)7-10(13)9-5-6-14-11(9)12/h5-6,8H,3-4,7H2,1-2H3. The number of Topliss-reactive ketones (excluding diaryl/α,β-unsaturated/α-hetero) is 1. The lowest BCUT2D eigenvalue weighted by molar-refractivity contribution is 0.0962. The van der Waals surface area contributed by atoms with Crippen LogP contribution in [0, 0.1) is 5.92 Å². The van der Waals surface area contributed by atoms with Crippen LogP contribution in [0.5, 0.6) is 0 Å². The average Bonchev–Trinajstić information content (AvgIpc) is 2.51. The number of carbonyl (C=O) groups excluding carboxylic acids is 1. The predicted molar refractivity (Wildman–Crippen MR) is 56.7 cm³/mol. The highest BCUT2D eigenvalue weighted by molar-refractivity contribution is 6.32. The van der Waals surface area contributed by atoms with Crippen molar-refractivity contribution in [2.45, 2.75) is 33.1 Å². The number of carbonyl (C=O) groups is 1. The number of furan rings is 1. The van der Waals surface area contributed by atoms with Gasteiger partial charge < -0.3 is 4.42 Å². The third kappa shape index (κ3) is 2.88. The molecule has 1 atom stereocenters. The molecule has 0 saturated carbocycles. The zero-order valence-corrected chi connectivity index (χ0v) is 9.30.